The van der Waals surface area contributed by atoms with Gasteiger partial charge >= 0.3 is 12.0 Å². The fourth-order valence-corrected chi connectivity index (χ4v) is 2.03. The zero-order valence-electron chi connectivity index (χ0n) is 12.7. The van der Waals surface area contributed by atoms with Gasteiger partial charge in [-0.15, -0.1) is 0 Å². The van der Waals surface area contributed by atoms with Gasteiger partial charge in [-0.3, -0.25) is 0 Å². The summed E-state index contributed by atoms with van der Waals surface area (Å²) < 4.78 is 0. The Morgan fingerprint density at radius 1 is 1.29 bits per heavy atom. The van der Waals surface area contributed by atoms with Crippen molar-refractivity contribution in [3.05, 3.63) is 28.8 Å². The van der Waals surface area contributed by atoms with Gasteiger partial charge in [-0.2, -0.15) is 0 Å². The van der Waals surface area contributed by atoms with Crippen LogP contribution in [0.4, 0.5) is 10.5 Å². The van der Waals surface area contributed by atoms with Crippen molar-refractivity contribution in [2.75, 3.05) is 11.9 Å². The summed E-state index contributed by atoms with van der Waals surface area (Å²) in [5, 5.41) is 12.0. The Morgan fingerprint density at radius 2 is 1.90 bits per heavy atom. The molecule has 1 aromatic carbocycles. The summed E-state index contributed by atoms with van der Waals surface area (Å²) in [5.41, 5.74) is 0.380. The average Bonchev–Trinajstić information content (AvgIpc) is 2.37. The molecule has 0 saturated carbocycles. The first kappa shape index (κ1) is 17.3. The number of aromatic carboxylic acids is 1. The van der Waals surface area contributed by atoms with Crippen molar-refractivity contribution in [3.8, 4) is 0 Å². The number of nitrogens with one attached hydrogen (secondary N) is 1. The standard InChI is InChI=1S/C15H21ClN2O3/c1-9(2)8-18(10(3)4)15(21)17-13-7-11(14(19)20)5-6-12(13)16/h5-7,9-10H,8H2,1-4H3,(H,17,21)(H,19,20). The van der Waals surface area contributed by atoms with E-state index >= 15 is 0 Å². The molecule has 0 radical (unpaired) electrons. The molecule has 0 fully saturated rings. The van der Waals surface area contributed by atoms with Crippen molar-refractivity contribution in [2.24, 2.45) is 5.92 Å². The van der Waals surface area contributed by atoms with Crippen molar-refractivity contribution in [3.63, 3.8) is 0 Å². The molecule has 0 aliphatic heterocycles. The van der Waals surface area contributed by atoms with Crippen LogP contribution >= 0.6 is 11.6 Å². The van der Waals surface area contributed by atoms with Crippen LogP contribution in [0.25, 0.3) is 0 Å². The smallest absolute Gasteiger partial charge is 0.335 e. The van der Waals surface area contributed by atoms with Gasteiger partial charge in [-0.05, 0) is 38.0 Å². The molecule has 0 aliphatic carbocycles. The summed E-state index contributed by atoms with van der Waals surface area (Å²) in [6.07, 6.45) is 0. The van der Waals surface area contributed by atoms with E-state index in [1.54, 1.807) is 4.90 Å². The van der Waals surface area contributed by atoms with Gasteiger partial charge in [-0.1, -0.05) is 25.4 Å². The Kier molecular flexibility index (Phi) is 6.03. The van der Waals surface area contributed by atoms with Crippen molar-refractivity contribution < 1.29 is 14.7 Å². The van der Waals surface area contributed by atoms with Gasteiger partial charge < -0.3 is 15.3 Å². The molecule has 0 saturated heterocycles. The lowest BCUT2D eigenvalue weighted by molar-refractivity contribution is 0.0697. The van der Waals surface area contributed by atoms with Crippen LogP contribution < -0.4 is 5.32 Å². The van der Waals surface area contributed by atoms with E-state index in [0.717, 1.165) is 0 Å². The first-order valence-electron chi connectivity index (χ1n) is 6.82. The maximum absolute atomic E-state index is 12.3. The predicted molar refractivity (Wildman–Crippen MR) is 84.1 cm³/mol. The Hall–Kier alpha value is -1.75. The second-order valence-corrected chi connectivity index (χ2v) is 5.98. The number of urea groups is 1. The van der Waals surface area contributed by atoms with Crippen molar-refractivity contribution >= 4 is 29.3 Å². The molecule has 2 amide bonds. The molecule has 0 heterocycles. The molecule has 21 heavy (non-hydrogen) atoms. The number of hydrogen-bond acceptors (Lipinski definition) is 2. The molecule has 0 unspecified atom stereocenters. The predicted octanol–water partition coefficient (Wildman–Crippen LogP) is 3.94. The highest BCUT2D eigenvalue weighted by Gasteiger charge is 2.19. The van der Waals surface area contributed by atoms with Gasteiger partial charge in [0.05, 0.1) is 16.3 Å². The minimum Gasteiger partial charge on any atom is -0.478 e. The second-order valence-electron chi connectivity index (χ2n) is 5.57. The summed E-state index contributed by atoms with van der Waals surface area (Å²) in [5.74, 6) is -0.732. The molecule has 2 N–H and O–H groups in total. The lowest BCUT2D eigenvalue weighted by Crippen LogP contribution is -2.42. The number of anilines is 1. The summed E-state index contributed by atoms with van der Waals surface area (Å²) in [7, 11) is 0. The maximum atomic E-state index is 12.3. The highest BCUT2D eigenvalue weighted by atomic mass is 35.5. The Morgan fingerprint density at radius 3 is 2.38 bits per heavy atom. The van der Waals surface area contributed by atoms with Gasteiger partial charge in [0, 0.05) is 12.6 Å². The summed E-state index contributed by atoms with van der Waals surface area (Å²) in [4.78, 5) is 25.0. The molecule has 0 spiro atoms. The number of carbonyl (C=O) groups excluding carboxylic acids is 1. The Balaban J connectivity index is 2.95. The molecular weight excluding hydrogens is 292 g/mol. The van der Waals surface area contributed by atoms with Crippen molar-refractivity contribution in [1.29, 1.82) is 0 Å². The van der Waals surface area contributed by atoms with Crippen molar-refractivity contribution in [2.45, 2.75) is 33.7 Å². The molecule has 0 atom stereocenters. The number of rotatable bonds is 5. The number of carbonyl (C=O) groups is 2. The van der Waals surface area contributed by atoms with Crippen LogP contribution in [0.1, 0.15) is 38.1 Å². The number of carboxylic acids is 1. The highest BCUT2D eigenvalue weighted by molar-refractivity contribution is 6.33. The first-order chi connectivity index (χ1) is 9.72. The lowest BCUT2D eigenvalue weighted by atomic mass is 10.2. The van der Waals surface area contributed by atoms with Crippen LogP contribution in [0.3, 0.4) is 0 Å². The summed E-state index contributed by atoms with van der Waals surface area (Å²) in [6, 6.07) is 3.96. The van der Waals surface area contributed by atoms with Crippen LogP contribution in [0.5, 0.6) is 0 Å². The molecule has 6 heteroatoms. The highest BCUT2D eigenvalue weighted by Crippen LogP contribution is 2.24. The number of amides is 2. The van der Waals surface area contributed by atoms with Crippen molar-refractivity contribution in [1.82, 2.24) is 4.90 Å². The fraction of sp³-hybridized carbons (Fsp3) is 0.467. The largest absolute Gasteiger partial charge is 0.478 e. The number of carboxylic acid groups (broad SMARTS) is 1. The zero-order chi connectivity index (χ0) is 16.2. The van der Waals surface area contributed by atoms with Crippen LogP contribution in [0.15, 0.2) is 18.2 Å². The Labute approximate surface area is 129 Å². The monoisotopic (exact) mass is 312 g/mol. The normalized spacial score (nSPS) is 10.8. The van der Waals surface area contributed by atoms with E-state index < -0.39 is 5.97 Å². The summed E-state index contributed by atoms with van der Waals surface area (Å²) in [6.45, 7) is 8.52. The molecule has 0 bridgehead atoms. The topological polar surface area (TPSA) is 69.6 Å². The molecule has 5 nitrogen and oxygen atoms in total. The third kappa shape index (κ3) is 4.93. The fourth-order valence-electron chi connectivity index (χ4n) is 1.86. The molecule has 116 valence electrons. The minimum atomic E-state index is -1.06. The van der Waals surface area contributed by atoms with Gasteiger partial charge in [0.2, 0.25) is 0 Å². The van der Waals surface area contributed by atoms with Crippen LogP contribution in [-0.2, 0) is 0 Å². The van der Waals surface area contributed by atoms with Gasteiger partial charge in [0.25, 0.3) is 0 Å². The first-order valence-corrected chi connectivity index (χ1v) is 7.20. The quantitative estimate of drug-likeness (QED) is 0.865. The van der Waals surface area contributed by atoms with E-state index in [2.05, 4.69) is 5.32 Å². The molecule has 1 aromatic rings. The van der Waals surface area contributed by atoms with E-state index in [-0.39, 0.29) is 17.6 Å². The van der Waals surface area contributed by atoms with Crippen LogP contribution in [0, 0.1) is 5.92 Å². The third-order valence-corrected chi connectivity index (χ3v) is 3.23. The SMILES string of the molecule is CC(C)CN(C(=O)Nc1cc(C(=O)O)ccc1Cl)C(C)C. The van der Waals surface area contributed by atoms with E-state index in [9.17, 15) is 9.59 Å². The van der Waals surface area contributed by atoms with E-state index in [1.807, 2.05) is 27.7 Å². The number of hydrogen-bond donors (Lipinski definition) is 2. The van der Waals surface area contributed by atoms with E-state index in [1.165, 1.54) is 18.2 Å². The van der Waals surface area contributed by atoms with E-state index in [4.69, 9.17) is 16.7 Å². The molecule has 1 rings (SSSR count). The minimum absolute atomic E-state index is 0.0360. The molecule has 0 aliphatic rings. The van der Waals surface area contributed by atoms with Crippen LogP contribution in [0.2, 0.25) is 5.02 Å². The maximum Gasteiger partial charge on any atom is 0.335 e. The van der Waals surface area contributed by atoms with Crippen LogP contribution in [-0.4, -0.2) is 34.6 Å². The third-order valence-electron chi connectivity index (χ3n) is 2.90. The lowest BCUT2D eigenvalue weighted by Gasteiger charge is -2.28. The number of nitrogens with zero attached hydrogens (tertiary/aromatic N) is 1. The Bertz CT molecular complexity index is 530. The average molecular weight is 313 g/mol. The van der Waals surface area contributed by atoms with Gasteiger partial charge in [-0.25, -0.2) is 9.59 Å². The van der Waals surface area contributed by atoms with Gasteiger partial charge in [0.15, 0.2) is 0 Å². The molecular formula is C15H21ClN2O3. The zero-order valence-corrected chi connectivity index (χ0v) is 13.4. The second kappa shape index (κ2) is 7.31. The molecule has 0 aromatic heterocycles. The van der Waals surface area contributed by atoms with E-state index in [0.29, 0.717) is 23.2 Å². The van der Waals surface area contributed by atoms with Gasteiger partial charge in [0.1, 0.15) is 0 Å². The number of halogens is 1. The number of benzene rings is 1. The summed E-state index contributed by atoms with van der Waals surface area (Å²) >= 11 is 6.01.